The summed E-state index contributed by atoms with van der Waals surface area (Å²) in [6.07, 6.45) is 1.80. The highest BCUT2D eigenvalue weighted by Crippen LogP contribution is 2.37. The number of carbonyl (C=O) groups is 1. The number of hydrogen-bond acceptors (Lipinski definition) is 4. The zero-order valence-corrected chi connectivity index (χ0v) is 20.6. The Morgan fingerprint density at radius 3 is 2.55 bits per heavy atom. The lowest BCUT2D eigenvalue weighted by atomic mass is 10.1. The molecule has 1 fully saturated rings. The molecule has 8 heteroatoms. The summed E-state index contributed by atoms with van der Waals surface area (Å²) in [5, 5.41) is 1.11. The Morgan fingerprint density at radius 2 is 1.81 bits per heavy atom. The van der Waals surface area contributed by atoms with Gasteiger partial charge in [-0.3, -0.25) is 9.69 Å². The van der Waals surface area contributed by atoms with E-state index in [4.69, 9.17) is 40.2 Å². The SMILES string of the molecule is O=C1/C(=C\c2ccccc2OCc2ccc(Cl)cc2Cl)SC(=S)N1c1ccc(Br)cc1. The van der Waals surface area contributed by atoms with Crippen LogP contribution in [0, 0.1) is 0 Å². The third-order valence-electron chi connectivity index (χ3n) is 4.48. The number of nitrogens with zero attached hydrogens (tertiary/aromatic N) is 1. The third kappa shape index (κ3) is 5.16. The first-order chi connectivity index (χ1) is 14.9. The average Bonchev–Trinajstić information content (AvgIpc) is 3.02. The summed E-state index contributed by atoms with van der Waals surface area (Å²) >= 11 is 22.3. The Hall–Kier alpha value is -1.83. The Bertz CT molecular complexity index is 1200. The minimum Gasteiger partial charge on any atom is -0.488 e. The first kappa shape index (κ1) is 22.4. The van der Waals surface area contributed by atoms with Gasteiger partial charge < -0.3 is 4.74 Å². The lowest BCUT2D eigenvalue weighted by Gasteiger charge is -2.14. The molecule has 0 aliphatic carbocycles. The first-order valence-corrected chi connectivity index (χ1v) is 11.9. The Kier molecular flexibility index (Phi) is 7.04. The molecule has 31 heavy (non-hydrogen) atoms. The van der Waals surface area contributed by atoms with Crippen LogP contribution in [0.4, 0.5) is 5.69 Å². The fourth-order valence-electron chi connectivity index (χ4n) is 2.95. The van der Waals surface area contributed by atoms with Gasteiger partial charge in [-0.15, -0.1) is 0 Å². The van der Waals surface area contributed by atoms with E-state index in [0.717, 1.165) is 21.3 Å². The molecule has 1 amide bonds. The van der Waals surface area contributed by atoms with Crippen LogP contribution in [0.3, 0.4) is 0 Å². The monoisotopic (exact) mass is 549 g/mol. The van der Waals surface area contributed by atoms with E-state index in [1.807, 2.05) is 54.6 Å². The van der Waals surface area contributed by atoms with Gasteiger partial charge in [-0.2, -0.15) is 0 Å². The van der Waals surface area contributed by atoms with Gasteiger partial charge in [0.2, 0.25) is 0 Å². The van der Waals surface area contributed by atoms with Gasteiger partial charge in [-0.1, -0.05) is 87.4 Å². The molecule has 3 aromatic rings. The number of amides is 1. The molecule has 1 heterocycles. The van der Waals surface area contributed by atoms with Crippen LogP contribution in [0.15, 0.2) is 76.1 Å². The van der Waals surface area contributed by atoms with Gasteiger partial charge in [-0.05, 0) is 48.5 Å². The molecule has 0 spiro atoms. The van der Waals surface area contributed by atoms with Gasteiger partial charge >= 0.3 is 0 Å². The molecular formula is C23H14BrCl2NO2S2. The van der Waals surface area contributed by atoms with Crippen molar-refractivity contribution in [3.8, 4) is 5.75 Å². The third-order valence-corrected chi connectivity index (χ3v) is 6.90. The maximum Gasteiger partial charge on any atom is 0.270 e. The standard InChI is InChI=1S/C23H14BrCl2NO2S2/c24-16-6-9-18(10-7-16)27-22(28)21(31-23(27)30)11-14-3-1-2-4-20(14)29-13-15-5-8-17(25)12-19(15)26/h1-12H,13H2/b21-11+. The van der Waals surface area contributed by atoms with Crippen LogP contribution in [0.2, 0.25) is 10.0 Å². The molecule has 156 valence electrons. The van der Waals surface area contributed by atoms with Crippen molar-refractivity contribution in [1.82, 2.24) is 0 Å². The smallest absolute Gasteiger partial charge is 0.270 e. The Balaban J connectivity index is 1.57. The second-order valence-corrected chi connectivity index (χ2v) is 9.99. The minimum atomic E-state index is -0.159. The molecular weight excluding hydrogens is 537 g/mol. The highest BCUT2D eigenvalue weighted by atomic mass is 79.9. The number of hydrogen-bond donors (Lipinski definition) is 0. The van der Waals surface area contributed by atoms with Crippen molar-refractivity contribution in [3.63, 3.8) is 0 Å². The second kappa shape index (κ2) is 9.76. The topological polar surface area (TPSA) is 29.5 Å². The van der Waals surface area contributed by atoms with E-state index in [1.54, 1.807) is 18.2 Å². The van der Waals surface area contributed by atoms with Crippen molar-refractivity contribution in [3.05, 3.63) is 97.3 Å². The van der Waals surface area contributed by atoms with Crippen LogP contribution in [-0.4, -0.2) is 10.2 Å². The van der Waals surface area contributed by atoms with Crippen molar-refractivity contribution in [2.24, 2.45) is 0 Å². The summed E-state index contributed by atoms with van der Waals surface area (Å²) in [4.78, 5) is 15.1. The van der Waals surface area contributed by atoms with Gasteiger partial charge in [0.15, 0.2) is 4.32 Å². The number of halogens is 3. The number of carbonyl (C=O) groups excluding carboxylic acids is 1. The van der Waals surface area contributed by atoms with E-state index < -0.39 is 0 Å². The largest absolute Gasteiger partial charge is 0.488 e. The number of benzene rings is 3. The maximum absolute atomic E-state index is 13.0. The van der Waals surface area contributed by atoms with Crippen molar-refractivity contribution >= 4 is 85.1 Å². The van der Waals surface area contributed by atoms with Gasteiger partial charge in [0, 0.05) is 25.6 Å². The summed E-state index contributed by atoms with van der Waals surface area (Å²) in [7, 11) is 0. The fourth-order valence-corrected chi connectivity index (χ4v) is 4.96. The van der Waals surface area contributed by atoms with E-state index in [9.17, 15) is 4.79 Å². The van der Waals surface area contributed by atoms with Crippen LogP contribution in [0.1, 0.15) is 11.1 Å². The van der Waals surface area contributed by atoms with Gasteiger partial charge in [0.05, 0.1) is 10.6 Å². The summed E-state index contributed by atoms with van der Waals surface area (Å²) < 4.78 is 7.42. The molecule has 1 saturated heterocycles. The Morgan fingerprint density at radius 1 is 1.06 bits per heavy atom. The second-order valence-electron chi connectivity index (χ2n) is 6.56. The zero-order valence-electron chi connectivity index (χ0n) is 15.8. The molecule has 3 nitrogen and oxygen atoms in total. The lowest BCUT2D eigenvalue weighted by Crippen LogP contribution is -2.27. The van der Waals surface area contributed by atoms with E-state index in [1.165, 1.54) is 16.7 Å². The molecule has 0 atom stereocenters. The van der Waals surface area contributed by atoms with E-state index in [0.29, 0.717) is 25.0 Å². The Labute approximate surface area is 208 Å². The minimum absolute atomic E-state index is 0.159. The number of thioether (sulfide) groups is 1. The zero-order chi connectivity index (χ0) is 22.0. The van der Waals surface area contributed by atoms with Crippen LogP contribution < -0.4 is 9.64 Å². The maximum atomic E-state index is 13.0. The summed E-state index contributed by atoms with van der Waals surface area (Å²) in [6, 6.07) is 20.3. The molecule has 0 radical (unpaired) electrons. The molecule has 1 aliphatic rings. The van der Waals surface area contributed by atoms with Gasteiger partial charge in [0.25, 0.3) is 5.91 Å². The van der Waals surface area contributed by atoms with E-state index >= 15 is 0 Å². The van der Waals surface area contributed by atoms with E-state index in [2.05, 4.69) is 15.9 Å². The quantitative estimate of drug-likeness (QED) is 0.240. The number of anilines is 1. The highest BCUT2D eigenvalue weighted by Gasteiger charge is 2.33. The predicted molar refractivity (Wildman–Crippen MR) is 137 cm³/mol. The number of ether oxygens (including phenoxy) is 1. The summed E-state index contributed by atoms with van der Waals surface area (Å²) in [5.41, 5.74) is 2.34. The molecule has 0 aromatic heterocycles. The normalized spacial score (nSPS) is 15.1. The number of thiocarbonyl (C=S) groups is 1. The predicted octanol–water partition coefficient (Wildman–Crippen LogP) is 7.74. The summed E-state index contributed by atoms with van der Waals surface area (Å²) in [6.45, 7) is 0.278. The molecule has 3 aromatic carbocycles. The van der Waals surface area contributed by atoms with Crippen molar-refractivity contribution in [1.29, 1.82) is 0 Å². The molecule has 4 rings (SSSR count). The lowest BCUT2D eigenvalue weighted by molar-refractivity contribution is -0.113. The van der Waals surface area contributed by atoms with Crippen molar-refractivity contribution in [2.45, 2.75) is 6.61 Å². The molecule has 0 N–H and O–H groups in total. The number of para-hydroxylation sites is 1. The van der Waals surface area contributed by atoms with Gasteiger partial charge in [0.1, 0.15) is 12.4 Å². The molecule has 1 aliphatic heterocycles. The summed E-state index contributed by atoms with van der Waals surface area (Å²) in [5.74, 6) is 0.482. The molecule has 0 unspecified atom stereocenters. The van der Waals surface area contributed by atoms with Gasteiger partial charge in [-0.25, -0.2) is 0 Å². The van der Waals surface area contributed by atoms with Crippen LogP contribution in [0.5, 0.6) is 5.75 Å². The molecule has 0 saturated carbocycles. The van der Waals surface area contributed by atoms with Crippen molar-refractivity contribution < 1.29 is 9.53 Å². The first-order valence-electron chi connectivity index (χ1n) is 9.11. The highest BCUT2D eigenvalue weighted by molar-refractivity contribution is 9.10. The van der Waals surface area contributed by atoms with E-state index in [-0.39, 0.29) is 12.5 Å². The van der Waals surface area contributed by atoms with Crippen LogP contribution >= 0.6 is 63.1 Å². The average molecular weight is 551 g/mol. The fraction of sp³-hybridized carbons (Fsp3) is 0.0435. The van der Waals surface area contributed by atoms with Crippen molar-refractivity contribution in [2.75, 3.05) is 4.90 Å². The van der Waals surface area contributed by atoms with Crippen LogP contribution in [-0.2, 0) is 11.4 Å². The molecule has 0 bridgehead atoms. The van der Waals surface area contributed by atoms with Crippen LogP contribution in [0.25, 0.3) is 6.08 Å². The number of rotatable bonds is 5.